The highest BCUT2D eigenvalue weighted by atomic mass is 35.5. The number of benzene rings is 2. The van der Waals surface area contributed by atoms with Crippen LogP contribution in [0, 0.1) is 0 Å². The predicted octanol–water partition coefficient (Wildman–Crippen LogP) is 3.14. The third-order valence-corrected chi connectivity index (χ3v) is 4.29. The molecule has 0 bridgehead atoms. The molecule has 0 atom stereocenters. The maximum atomic E-state index is 12.4. The van der Waals surface area contributed by atoms with E-state index < -0.39 is 0 Å². The van der Waals surface area contributed by atoms with Crippen LogP contribution in [-0.4, -0.2) is 36.5 Å². The number of nitrogens with two attached hydrogens (primary N) is 1. The fourth-order valence-corrected chi connectivity index (χ4v) is 2.97. The largest absolute Gasteiger partial charge is 0.328 e. The monoisotopic (exact) mass is 345 g/mol. The van der Waals surface area contributed by atoms with Crippen LogP contribution in [0.25, 0.3) is 11.1 Å². The van der Waals surface area contributed by atoms with Crippen LogP contribution in [0.4, 0.5) is 5.69 Å². The molecule has 2 aromatic rings. The van der Waals surface area contributed by atoms with E-state index in [0.29, 0.717) is 6.54 Å². The van der Waals surface area contributed by atoms with Crippen molar-refractivity contribution in [3.05, 3.63) is 54.6 Å². The van der Waals surface area contributed by atoms with Gasteiger partial charge in [0.05, 0.1) is 6.54 Å². The van der Waals surface area contributed by atoms with E-state index in [4.69, 9.17) is 5.73 Å². The minimum absolute atomic E-state index is 0. The van der Waals surface area contributed by atoms with Crippen molar-refractivity contribution in [1.82, 2.24) is 4.90 Å². The summed E-state index contributed by atoms with van der Waals surface area (Å²) in [6.45, 7) is 2.22. The molecule has 0 unspecified atom stereocenters. The third kappa shape index (κ3) is 4.81. The van der Waals surface area contributed by atoms with Gasteiger partial charge in [-0.3, -0.25) is 9.69 Å². The molecular formula is C19H24ClN3O. The number of amides is 1. The summed E-state index contributed by atoms with van der Waals surface area (Å²) in [6.07, 6.45) is 1.93. The molecule has 3 N–H and O–H groups in total. The van der Waals surface area contributed by atoms with E-state index in [9.17, 15) is 4.79 Å². The highest BCUT2D eigenvalue weighted by Gasteiger charge is 2.18. The smallest absolute Gasteiger partial charge is 0.238 e. The summed E-state index contributed by atoms with van der Waals surface area (Å²) in [6, 6.07) is 18.3. The fourth-order valence-electron chi connectivity index (χ4n) is 2.97. The van der Waals surface area contributed by atoms with Gasteiger partial charge in [-0.05, 0) is 24.5 Å². The first-order chi connectivity index (χ1) is 11.2. The molecule has 0 spiro atoms. The number of carbonyl (C=O) groups excluding carboxylic acids is 1. The Hall–Kier alpha value is -1.88. The lowest BCUT2D eigenvalue weighted by atomic mass is 10.0. The summed E-state index contributed by atoms with van der Waals surface area (Å²) in [5.41, 5.74) is 8.91. The Morgan fingerprint density at radius 1 is 1.04 bits per heavy atom. The Labute approximate surface area is 149 Å². The van der Waals surface area contributed by atoms with Crippen LogP contribution in [-0.2, 0) is 4.79 Å². The van der Waals surface area contributed by atoms with Crippen LogP contribution in [0.15, 0.2) is 54.6 Å². The fraction of sp³-hybridized carbons (Fsp3) is 0.316. The summed E-state index contributed by atoms with van der Waals surface area (Å²) in [5, 5.41) is 3.06. The Balaban J connectivity index is 0.00000208. The van der Waals surface area contributed by atoms with Gasteiger partial charge >= 0.3 is 0 Å². The highest BCUT2D eigenvalue weighted by molar-refractivity contribution is 5.96. The molecule has 1 aliphatic heterocycles. The van der Waals surface area contributed by atoms with E-state index in [1.807, 2.05) is 42.5 Å². The first-order valence-electron chi connectivity index (χ1n) is 8.14. The van der Waals surface area contributed by atoms with Crippen molar-refractivity contribution in [1.29, 1.82) is 0 Å². The van der Waals surface area contributed by atoms with E-state index in [1.54, 1.807) is 0 Å². The zero-order valence-electron chi connectivity index (χ0n) is 13.7. The molecule has 24 heavy (non-hydrogen) atoms. The maximum absolute atomic E-state index is 12.4. The van der Waals surface area contributed by atoms with E-state index in [1.165, 1.54) is 0 Å². The maximum Gasteiger partial charge on any atom is 0.238 e. The number of nitrogens with zero attached hydrogens (tertiary/aromatic N) is 1. The van der Waals surface area contributed by atoms with Crippen molar-refractivity contribution in [2.75, 3.05) is 25.0 Å². The summed E-state index contributed by atoms with van der Waals surface area (Å²) < 4.78 is 0. The van der Waals surface area contributed by atoms with Gasteiger partial charge in [-0.1, -0.05) is 48.5 Å². The van der Waals surface area contributed by atoms with Gasteiger partial charge < -0.3 is 11.1 Å². The predicted molar refractivity (Wildman–Crippen MR) is 101 cm³/mol. The molecule has 4 nitrogen and oxygen atoms in total. The lowest BCUT2D eigenvalue weighted by Gasteiger charge is -2.29. The van der Waals surface area contributed by atoms with Crippen LogP contribution in [0.1, 0.15) is 12.8 Å². The van der Waals surface area contributed by atoms with Crippen LogP contribution >= 0.6 is 12.4 Å². The van der Waals surface area contributed by atoms with E-state index in [2.05, 4.69) is 22.3 Å². The number of hydrogen-bond acceptors (Lipinski definition) is 3. The summed E-state index contributed by atoms with van der Waals surface area (Å²) >= 11 is 0. The second-order valence-corrected chi connectivity index (χ2v) is 6.07. The van der Waals surface area contributed by atoms with Crippen molar-refractivity contribution in [2.45, 2.75) is 18.9 Å². The summed E-state index contributed by atoms with van der Waals surface area (Å²) in [4.78, 5) is 14.5. The van der Waals surface area contributed by atoms with Crippen LogP contribution < -0.4 is 11.1 Å². The third-order valence-electron chi connectivity index (χ3n) is 4.29. The van der Waals surface area contributed by atoms with E-state index >= 15 is 0 Å². The van der Waals surface area contributed by atoms with Crippen LogP contribution in [0.3, 0.4) is 0 Å². The molecule has 1 fully saturated rings. The van der Waals surface area contributed by atoms with Crippen molar-refractivity contribution < 1.29 is 4.79 Å². The number of nitrogens with one attached hydrogen (secondary N) is 1. The van der Waals surface area contributed by atoms with Gasteiger partial charge in [0.1, 0.15) is 0 Å². The molecule has 0 saturated carbocycles. The van der Waals surface area contributed by atoms with E-state index in [-0.39, 0.29) is 24.4 Å². The van der Waals surface area contributed by atoms with Gasteiger partial charge in [0, 0.05) is 30.4 Å². The van der Waals surface area contributed by atoms with Gasteiger partial charge in [-0.25, -0.2) is 0 Å². The number of para-hydroxylation sites is 1. The summed E-state index contributed by atoms with van der Waals surface area (Å²) in [5.74, 6) is 0.0313. The molecule has 1 amide bonds. The number of piperidine rings is 1. The number of hydrogen-bond donors (Lipinski definition) is 2. The van der Waals surface area contributed by atoms with Crippen molar-refractivity contribution in [3.63, 3.8) is 0 Å². The molecule has 0 aromatic heterocycles. The van der Waals surface area contributed by atoms with Gasteiger partial charge in [0.25, 0.3) is 0 Å². The van der Waals surface area contributed by atoms with Crippen molar-refractivity contribution >= 4 is 24.0 Å². The quantitative estimate of drug-likeness (QED) is 0.895. The first-order valence-corrected chi connectivity index (χ1v) is 8.14. The minimum Gasteiger partial charge on any atom is -0.328 e. The molecule has 1 saturated heterocycles. The number of carbonyl (C=O) groups is 1. The minimum atomic E-state index is 0. The Bertz CT molecular complexity index is 655. The number of anilines is 1. The molecule has 3 rings (SSSR count). The molecule has 1 heterocycles. The second kappa shape index (κ2) is 8.83. The molecule has 1 aliphatic rings. The van der Waals surface area contributed by atoms with Crippen molar-refractivity contribution in [2.24, 2.45) is 5.73 Å². The number of likely N-dealkylation sites (tertiary alicyclic amines) is 1. The number of halogens is 1. The SMILES string of the molecule is Cl.NC1CCN(CC(=O)Nc2ccccc2-c2ccccc2)CC1. The first kappa shape index (κ1) is 18.5. The number of rotatable bonds is 4. The molecule has 128 valence electrons. The van der Waals surface area contributed by atoms with Gasteiger partial charge in [-0.2, -0.15) is 0 Å². The lowest BCUT2D eigenvalue weighted by Crippen LogP contribution is -2.43. The Kier molecular flexibility index (Phi) is 6.79. The van der Waals surface area contributed by atoms with Crippen LogP contribution in [0.2, 0.25) is 0 Å². The van der Waals surface area contributed by atoms with E-state index in [0.717, 1.165) is 42.7 Å². The molecular weight excluding hydrogens is 322 g/mol. The zero-order valence-corrected chi connectivity index (χ0v) is 14.5. The molecule has 2 aromatic carbocycles. The van der Waals surface area contributed by atoms with Gasteiger partial charge in [0.2, 0.25) is 5.91 Å². The average Bonchev–Trinajstić information content (AvgIpc) is 2.58. The van der Waals surface area contributed by atoms with Gasteiger partial charge in [0.15, 0.2) is 0 Å². The Morgan fingerprint density at radius 2 is 1.67 bits per heavy atom. The normalized spacial score (nSPS) is 15.5. The molecule has 0 radical (unpaired) electrons. The topological polar surface area (TPSA) is 58.4 Å². The Morgan fingerprint density at radius 3 is 2.38 bits per heavy atom. The molecule has 5 heteroatoms. The second-order valence-electron chi connectivity index (χ2n) is 6.07. The van der Waals surface area contributed by atoms with Gasteiger partial charge in [-0.15, -0.1) is 12.4 Å². The summed E-state index contributed by atoms with van der Waals surface area (Å²) in [7, 11) is 0. The molecule has 0 aliphatic carbocycles. The average molecular weight is 346 g/mol. The van der Waals surface area contributed by atoms with Crippen LogP contribution in [0.5, 0.6) is 0 Å². The lowest BCUT2D eigenvalue weighted by molar-refractivity contribution is -0.117. The van der Waals surface area contributed by atoms with Crippen molar-refractivity contribution in [3.8, 4) is 11.1 Å². The highest BCUT2D eigenvalue weighted by Crippen LogP contribution is 2.27. The zero-order chi connectivity index (χ0) is 16.1. The standard InChI is InChI=1S/C19H23N3O.ClH/c20-16-10-12-22(13-11-16)14-19(23)21-18-9-5-4-8-17(18)15-6-2-1-3-7-15;/h1-9,16H,10-14,20H2,(H,21,23);1H.